The van der Waals surface area contributed by atoms with Crippen LogP contribution in [0.4, 0.5) is 51.2 Å². The largest absolute Gasteiger partial charge is 0.312 e. The van der Waals surface area contributed by atoms with Gasteiger partial charge in [-0.3, -0.25) is 0 Å². The van der Waals surface area contributed by atoms with Crippen molar-refractivity contribution in [2.24, 2.45) is 0 Å². The second-order valence-electron chi connectivity index (χ2n) is 24.5. The third-order valence-electron chi connectivity index (χ3n) is 18.5. The number of anilines is 9. The molecule has 4 aliphatic heterocycles. The fourth-order valence-corrected chi connectivity index (χ4v) is 14.8. The van der Waals surface area contributed by atoms with E-state index in [9.17, 15) is 0 Å². The van der Waals surface area contributed by atoms with Gasteiger partial charge in [0.15, 0.2) is 0 Å². The summed E-state index contributed by atoms with van der Waals surface area (Å²) in [5, 5.41) is 2.49. The summed E-state index contributed by atoms with van der Waals surface area (Å²) in [5.74, 6) is 0. The minimum absolute atomic E-state index is 0.137. The number of fused-ring (bicyclic) bond motifs is 13. The molecule has 392 valence electrons. The third kappa shape index (κ3) is 6.94. The summed E-state index contributed by atoms with van der Waals surface area (Å²) >= 11 is 0. The Labute approximate surface area is 482 Å². The molecule has 1 aromatic heterocycles. The van der Waals surface area contributed by atoms with E-state index in [1.165, 1.54) is 150 Å². The molecular weight excluding hydrogens is 990 g/mol. The SMILES string of the molecule is Cc1ccc(N(c2ccc(C)cc2)c2c3c4c(c(N(c5ccc(C)cc5)c5ccc(C)cc5)c2-n2c5ccc(C)cc5c5cc(C)ccc52)B2c5ccc(C)cc5-c5cc(C)cc(c52)N4c2cc(C)cc4c2B3c2ccc(C)cc2-4)cc1. The highest BCUT2D eigenvalue weighted by atomic mass is 15.2. The highest BCUT2D eigenvalue weighted by Gasteiger charge is 2.54. The van der Waals surface area contributed by atoms with Gasteiger partial charge in [-0.05, 0) is 209 Å². The Balaban J connectivity index is 1.24. The van der Waals surface area contributed by atoms with Crippen molar-refractivity contribution in [1.82, 2.24) is 4.57 Å². The van der Waals surface area contributed by atoms with E-state index >= 15 is 0 Å². The average Bonchev–Trinajstić information content (AvgIpc) is 1.37. The Bertz CT molecular complexity index is 4350. The van der Waals surface area contributed by atoms with Crippen molar-refractivity contribution in [2.45, 2.75) is 69.2 Å². The molecule has 16 rings (SSSR count). The van der Waals surface area contributed by atoms with Crippen LogP contribution in [0, 0.1) is 69.2 Å². The van der Waals surface area contributed by atoms with E-state index in [1.807, 2.05) is 0 Å². The van der Waals surface area contributed by atoms with E-state index in [0.29, 0.717) is 0 Å². The van der Waals surface area contributed by atoms with E-state index in [0.717, 1.165) is 39.8 Å². The number of nitrogens with zero attached hydrogens (tertiary/aromatic N) is 4. The molecule has 6 heteroatoms. The van der Waals surface area contributed by atoms with E-state index in [1.54, 1.807) is 0 Å². The smallest absolute Gasteiger partial charge is 0.251 e. The minimum atomic E-state index is -0.137. The van der Waals surface area contributed by atoms with Gasteiger partial charge in [0, 0.05) is 50.6 Å². The molecule has 0 aliphatic carbocycles. The Morgan fingerprint density at radius 1 is 0.280 bits per heavy atom. The van der Waals surface area contributed by atoms with Gasteiger partial charge in [-0.15, -0.1) is 0 Å². The van der Waals surface area contributed by atoms with Gasteiger partial charge in [0.25, 0.3) is 13.4 Å². The summed E-state index contributed by atoms with van der Waals surface area (Å²) < 4.78 is 2.70. The van der Waals surface area contributed by atoms with Gasteiger partial charge < -0.3 is 19.3 Å². The van der Waals surface area contributed by atoms with Crippen molar-refractivity contribution in [2.75, 3.05) is 14.7 Å². The summed E-state index contributed by atoms with van der Waals surface area (Å²) in [7, 11) is 0. The molecule has 0 saturated carbocycles. The topological polar surface area (TPSA) is 14.7 Å². The van der Waals surface area contributed by atoms with Crippen molar-refractivity contribution in [1.29, 1.82) is 0 Å². The number of hydrogen-bond donors (Lipinski definition) is 0. The van der Waals surface area contributed by atoms with Crippen LogP contribution in [-0.4, -0.2) is 18.0 Å². The summed E-state index contributed by atoms with van der Waals surface area (Å²) in [6.45, 7) is 22.2. The molecule has 12 aromatic rings. The molecule has 0 fully saturated rings. The minimum Gasteiger partial charge on any atom is -0.312 e. The van der Waals surface area contributed by atoms with E-state index < -0.39 is 0 Å². The average molecular weight is 1050 g/mol. The van der Waals surface area contributed by atoms with Gasteiger partial charge >= 0.3 is 0 Å². The molecule has 5 heterocycles. The Morgan fingerprint density at radius 3 is 0.963 bits per heavy atom. The molecule has 0 saturated heterocycles. The lowest BCUT2D eigenvalue weighted by Crippen LogP contribution is -2.64. The van der Waals surface area contributed by atoms with E-state index in [4.69, 9.17) is 0 Å². The first-order chi connectivity index (χ1) is 39.8. The number of aryl methyl sites for hydroxylation is 10. The molecule has 0 radical (unpaired) electrons. The molecule has 0 unspecified atom stereocenters. The molecule has 11 aromatic carbocycles. The number of aromatic nitrogens is 1. The van der Waals surface area contributed by atoms with E-state index in [-0.39, 0.29) is 13.4 Å². The van der Waals surface area contributed by atoms with Crippen LogP contribution < -0.4 is 47.5 Å². The maximum absolute atomic E-state index is 2.77. The van der Waals surface area contributed by atoms with Crippen LogP contribution in [0.1, 0.15) is 55.6 Å². The monoisotopic (exact) mass is 1050 g/mol. The lowest BCUT2D eigenvalue weighted by Gasteiger charge is -2.47. The fraction of sp³-hybridized carbons (Fsp3) is 0.132. The lowest BCUT2D eigenvalue weighted by molar-refractivity contribution is 1.13. The molecule has 0 spiro atoms. The number of rotatable bonds is 7. The van der Waals surface area contributed by atoms with Crippen LogP contribution in [0.3, 0.4) is 0 Å². The van der Waals surface area contributed by atoms with Gasteiger partial charge in [-0.25, -0.2) is 0 Å². The van der Waals surface area contributed by atoms with Gasteiger partial charge in [-0.1, -0.05) is 165 Å². The highest BCUT2D eigenvalue weighted by Crippen LogP contribution is 2.55. The third-order valence-corrected chi connectivity index (χ3v) is 18.5. The molecule has 82 heavy (non-hydrogen) atoms. The van der Waals surface area contributed by atoms with Crippen molar-refractivity contribution >= 4 is 119 Å². The first kappa shape index (κ1) is 48.6. The van der Waals surface area contributed by atoms with Crippen LogP contribution in [0.25, 0.3) is 49.7 Å². The zero-order valence-corrected chi connectivity index (χ0v) is 48.4. The maximum atomic E-state index is 2.77. The van der Waals surface area contributed by atoms with Crippen LogP contribution in [-0.2, 0) is 0 Å². The Hall–Kier alpha value is -9.25. The van der Waals surface area contributed by atoms with Crippen LogP contribution >= 0.6 is 0 Å². The second-order valence-corrected chi connectivity index (χ2v) is 24.5. The molecule has 0 bridgehead atoms. The van der Waals surface area contributed by atoms with Crippen molar-refractivity contribution in [3.8, 4) is 27.9 Å². The molecular formula is C76H62B2N4. The fourth-order valence-electron chi connectivity index (χ4n) is 14.8. The van der Waals surface area contributed by atoms with Crippen LogP contribution in [0.2, 0.25) is 0 Å². The summed E-state index contributed by atoms with van der Waals surface area (Å²) in [6.07, 6.45) is 0. The molecule has 4 nitrogen and oxygen atoms in total. The zero-order valence-electron chi connectivity index (χ0n) is 48.4. The first-order valence-electron chi connectivity index (χ1n) is 29.2. The molecule has 0 N–H and O–H groups in total. The standard InChI is InChI=1S/C76H62B2N4/c1-43-11-23-53(24-12-43)79(54-25-13-44(2)14-26-54)74-71-73-72(75(80(55-27-15-45(3)16-28-55)56-29-17-46(4)18-30-56)76(74)81-65-33-21-49(7)37-59(65)60-38-50(8)22-34-66(60)81)78-64-32-20-48(6)36-58(64)62-40-52(10)42-68(70(62)78)82(73)67-41-51(9)39-61-57-35-47(5)19-31-63(57)77(71)69(61)67/h11-42H,1-10H3. The van der Waals surface area contributed by atoms with Crippen LogP contribution in [0.15, 0.2) is 194 Å². The van der Waals surface area contributed by atoms with Crippen molar-refractivity contribution < 1.29 is 0 Å². The van der Waals surface area contributed by atoms with Gasteiger partial charge in [0.1, 0.15) is 0 Å². The maximum Gasteiger partial charge on any atom is 0.251 e. The van der Waals surface area contributed by atoms with Crippen molar-refractivity contribution in [3.05, 3.63) is 250 Å². The number of benzene rings is 11. The zero-order chi connectivity index (χ0) is 55.7. The van der Waals surface area contributed by atoms with Crippen molar-refractivity contribution in [3.63, 3.8) is 0 Å². The summed E-state index contributed by atoms with van der Waals surface area (Å²) in [4.78, 5) is 8.08. The quantitative estimate of drug-likeness (QED) is 0.148. The lowest BCUT2D eigenvalue weighted by atomic mass is 9.31. The molecule has 0 amide bonds. The van der Waals surface area contributed by atoms with Gasteiger partial charge in [0.05, 0.1) is 28.1 Å². The Kier molecular flexibility index (Phi) is 10.5. The first-order valence-corrected chi connectivity index (χ1v) is 29.2. The van der Waals surface area contributed by atoms with Gasteiger partial charge in [0.2, 0.25) is 0 Å². The predicted octanol–water partition coefficient (Wildman–Crippen LogP) is 15.9. The highest BCUT2D eigenvalue weighted by molar-refractivity contribution is 7.06. The second kappa shape index (κ2) is 17.6. The molecule has 4 aliphatic rings. The van der Waals surface area contributed by atoms with Gasteiger partial charge in [-0.2, -0.15) is 0 Å². The van der Waals surface area contributed by atoms with Crippen LogP contribution in [0.5, 0.6) is 0 Å². The number of hydrogen-bond acceptors (Lipinski definition) is 3. The Morgan fingerprint density at radius 2 is 0.598 bits per heavy atom. The summed E-state index contributed by atoms with van der Waals surface area (Å²) in [6, 6.07) is 76.1. The van der Waals surface area contributed by atoms with E-state index in [2.05, 4.69) is 283 Å². The predicted molar refractivity (Wildman–Crippen MR) is 352 cm³/mol. The summed E-state index contributed by atoms with van der Waals surface area (Å²) in [5.41, 5.74) is 39.8. The normalized spacial score (nSPS) is 12.9. The molecule has 0 atom stereocenters.